The molecule has 68 heavy (non-hydrogen) atoms. The highest BCUT2D eigenvalue weighted by molar-refractivity contribution is 8.77. The molecule has 0 spiro atoms. The monoisotopic (exact) mass is 965 g/mol. The molecular formula is C50H60FN9O6S2. The third-order valence-corrected chi connectivity index (χ3v) is 15.5. The predicted molar refractivity (Wildman–Crippen MR) is 268 cm³/mol. The normalized spacial score (nSPS) is 17.2. The quantitative estimate of drug-likeness (QED) is 0.0419. The number of piperazine rings is 1. The maximum atomic E-state index is 15.0. The summed E-state index contributed by atoms with van der Waals surface area (Å²) in [5, 5.41) is 12.7. The Morgan fingerprint density at radius 3 is 2.47 bits per heavy atom. The molecule has 2 fully saturated rings. The maximum Gasteiger partial charge on any atom is 0.251 e. The maximum absolute atomic E-state index is 15.0. The molecule has 1 saturated heterocycles. The molecule has 18 heteroatoms. The van der Waals surface area contributed by atoms with Crippen molar-refractivity contribution in [2.24, 2.45) is 11.0 Å². The Morgan fingerprint density at radius 2 is 1.74 bits per heavy atom. The first-order chi connectivity index (χ1) is 32.8. The Hall–Kier alpha value is -6.14. The van der Waals surface area contributed by atoms with Gasteiger partial charge in [-0.2, -0.15) is 5.10 Å². The Bertz CT molecular complexity index is 2470. The van der Waals surface area contributed by atoms with Crippen molar-refractivity contribution in [3.05, 3.63) is 113 Å². The fraction of sp³-hybridized carbons (Fsp3) is 0.420. The molecule has 2 aliphatic heterocycles. The molecule has 5 amide bonds. The molecule has 3 aromatic carbocycles. The fourth-order valence-electron chi connectivity index (χ4n) is 8.19. The number of halogens is 1. The second-order valence-electron chi connectivity index (χ2n) is 17.8. The molecule has 360 valence electrons. The van der Waals surface area contributed by atoms with Crippen LogP contribution in [-0.2, 0) is 25.7 Å². The number of anilines is 3. The number of amides is 5. The van der Waals surface area contributed by atoms with Crippen molar-refractivity contribution >= 4 is 73.9 Å². The van der Waals surface area contributed by atoms with Crippen LogP contribution in [0.25, 0.3) is 0 Å². The van der Waals surface area contributed by atoms with Crippen LogP contribution in [0.1, 0.15) is 85.3 Å². The molecule has 4 N–H and O–H groups in total. The summed E-state index contributed by atoms with van der Waals surface area (Å²) < 4.78 is 20.5. The van der Waals surface area contributed by atoms with Crippen LogP contribution in [0.4, 0.5) is 21.5 Å². The number of aromatic nitrogens is 1. The summed E-state index contributed by atoms with van der Waals surface area (Å²) in [7, 11) is 6.81. The van der Waals surface area contributed by atoms with Gasteiger partial charge in [0.1, 0.15) is 11.6 Å². The van der Waals surface area contributed by atoms with Gasteiger partial charge in [-0.3, -0.25) is 29.0 Å². The first-order valence-electron chi connectivity index (χ1n) is 23.0. The molecule has 3 aliphatic rings. The number of hydrazone groups is 1. The van der Waals surface area contributed by atoms with Crippen molar-refractivity contribution in [1.29, 1.82) is 0 Å². The van der Waals surface area contributed by atoms with E-state index in [1.165, 1.54) is 6.07 Å². The van der Waals surface area contributed by atoms with E-state index in [9.17, 15) is 28.4 Å². The molecule has 4 aromatic rings. The van der Waals surface area contributed by atoms with Crippen LogP contribution >= 0.6 is 21.6 Å². The molecule has 15 nitrogen and oxygen atoms in total. The summed E-state index contributed by atoms with van der Waals surface area (Å²) in [5.74, 6) is 0.188. The molecule has 7 rings (SSSR count). The number of pyridine rings is 1. The molecule has 0 radical (unpaired) electrons. The number of hydrogen-bond acceptors (Lipinski definition) is 12. The number of carbonyl (C=O) groups excluding carboxylic acids is 5. The van der Waals surface area contributed by atoms with Crippen molar-refractivity contribution < 1.29 is 33.1 Å². The average molecular weight is 966 g/mol. The highest BCUT2D eigenvalue weighted by atomic mass is 33.1. The van der Waals surface area contributed by atoms with E-state index in [1.807, 2.05) is 68.3 Å². The third kappa shape index (κ3) is 13.7. The third-order valence-electron chi connectivity index (χ3n) is 12.2. The Labute approximate surface area is 405 Å². The van der Waals surface area contributed by atoms with Gasteiger partial charge in [0.05, 0.1) is 12.3 Å². The van der Waals surface area contributed by atoms with Crippen LogP contribution in [0.5, 0.6) is 5.75 Å². The SMILES string of the molecule is CNC(=O)CCCOc1ccc2c(c1)N(C)CC/C2=N\NC(=O)CC(C)(C)SSCCC(=O)N1CCN(c2ccc(C(=O)NCc3ccc(NC(=O)C4CC4c4cccnc4)cc3F)cc2)CC1. The molecule has 0 bridgehead atoms. The highest BCUT2D eigenvalue weighted by Crippen LogP contribution is 2.47. The smallest absolute Gasteiger partial charge is 0.251 e. The Morgan fingerprint density at radius 1 is 0.941 bits per heavy atom. The first kappa shape index (κ1) is 49.8. The summed E-state index contributed by atoms with van der Waals surface area (Å²) in [6.07, 6.45) is 6.56. The molecule has 1 aliphatic carbocycles. The summed E-state index contributed by atoms with van der Waals surface area (Å²) in [6.45, 7) is 7.69. The van der Waals surface area contributed by atoms with Gasteiger partial charge in [-0.25, -0.2) is 9.82 Å². The zero-order chi connectivity index (χ0) is 48.2. The second-order valence-corrected chi connectivity index (χ2v) is 20.9. The number of carbonyl (C=O) groups is 5. The van der Waals surface area contributed by atoms with Gasteiger partial charge in [-0.05, 0) is 92.8 Å². The Balaban J connectivity index is 0.772. The van der Waals surface area contributed by atoms with E-state index in [2.05, 4.69) is 41.3 Å². The lowest BCUT2D eigenvalue weighted by Gasteiger charge is -2.36. The summed E-state index contributed by atoms with van der Waals surface area (Å²) in [6, 6.07) is 21.3. The van der Waals surface area contributed by atoms with Gasteiger partial charge in [-0.1, -0.05) is 33.7 Å². The van der Waals surface area contributed by atoms with Gasteiger partial charge in [0.25, 0.3) is 5.91 Å². The first-order valence-corrected chi connectivity index (χ1v) is 25.3. The van der Waals surface area contributed by atoms with E-state index in [4.69, 9.17) is 4.74 Å². The van der Waals surface area contributed by atoms with Crippen LogP contribution in [0.2, 0.25) is 0 Å². The number of hydrogen-bond donors (Lipinski definition) is 4. The van der Waals surface area contributed by atoms with Gasteiger partial charge in [0.15, 0.2) is 0 Å². The molecule has 2 atom stereocenters. The summed E-state index contributed by atoms with van der Waals surface area (Å²) in [4.78, 5) is 73.7. The molecule has 1 saturated carbocycles. The standard InChI is InChI=1S/C50H60FN9O6S2/c1-50(2,30-46(62)57-56-43-17-20-58(4)44-28-38(15-16-39(43)44)66-25-6-8-45(61)52-3)68-67-26-18-47(63)60-23-21-59(22-24-60)37-13-10-33(11-14-37)48(64)54-32-35-9-12-36(27-42(35)51)55-49(65)41-29-40(41)34-7-5-19-53-31-34/h5,7,9-16,19,27-28,31,40-41H,6,8,17-18,20-26,29-30,32H2,1-4H3,(H,52,61)(H,54,64)(H,55,65)(H,57,62)/b56-43+. The Kier molecular flexibility index (Phi) is 17.0. The van der Waals surface area contributed by atoms with Gasteiger partial charge in [0.2, 0.25) is 23.6 Å². The average Bonchev–Trinajstić information content (AvgIpc) is 4.16. The molecule has 2 unspecified atom stereocenters. The van der Waals surface area contributed by atoms with E-state index in [0.717, 1.165) is 46.9 Å². The zero-order valence-electron chi connectivity index (χ0n) is 39.0. The molecule has 3 heterocycles. The van der Waals surface area contributed by atoms with Crippen LogP contribution in [0.3, 0.4) is 0 Å². The van der Waals surface area contributed by atoms with E-state index >= 15 is 0 Å². The largest absolute Gasteiger partial charge is 0.494 e. The lowest BCUT2D eigenvalue weighted by atomic mass is 10.00. The van der Waals surface area contributed by atoms with E-state index in [0.29, 0.717) is 81.0 Å². The number of fused-ring (bicyclic) bond motifs is 1. The lowest BCUT2D eigenvalue weighted by Crippen LogP contribution is -2.48. The second kappa shape index (κ2) is 23.2. The van der Waals surface area contributed by atoms with Crippen molar-refractivity contribution in [1.82, 2.24) is 25.9 Å². The van der Waals surface area contributed by atoms with Crippen molar-refractivity contribution in [3.8, 4) is 5.75 Å². The summed E-state index contributed by atoms with van der Waals surface area (Å²) in [5.41, 5.74) is 8.57. The van der Waals surface area contributed by atoms with E-state index < -0.39 is 5.82 Å². The van der Waals surface area contributed by atoms with Crippen molar-refractivity contribution in [2.45, 2.75) is 69.6 Å². The minimum Gasteiger partial charge on any atom is -0.494 e. The topological polar surface area (TPSA) is 178 Å². The van der Waals surface area contributed by atoms with Gasteiger partial charge >= 0.3 is 0 Å². The number of nitrogens with one attached hydrogen (secondary N) is 4. The van der Waals surface area contributed by atoms with Crippen LogP contribution in [0.15, 0.2) is 90.3 Å². The number of ether oxygens (including phenoxy) is 1. The molecular weight excluding hydrogens is 906 g/mol. The number of benzene rings is 3. The van der Waals surface area contributed by atoms with E-state index in [1.54, 1.807) is 65.3 Å². The van der Waals surface area contributed by atoms with Crippen molar-refractivity contribution in [2.75, 3.05) is 74.3 Å². The fourth-order valence-corrected chi connectivity index (χ4v) is 10.7. The van der Waals surface area contributed by atoms with Crippen molar-refractivity contribution in [3.63, 3.8) is 0 Å². The van der Waals surface area contributed by atoms with Gasteiger partial charge in [-0.15, -0.1) is 0 Å². The number of rotatable bonds is 20. The van der Waals surface area contributed by atoms with Crippen LogP contribution in [-0.4, -0.2) is 109 Å². The van der Waals surface area contributed by atoms with Crippen LogP contribution < -0.4 is 35.9 Å². The number of nitrogens with zero attached hydrogens (tertiary/aromatic N) is 5. The predicted octanol–water partition coefficient (Wildman–Crippen LogP) is 6.75. The lowest BCUT2D eigenvalue weighted by molar-refractivity contribution is -0.131. The van der Waals surface area contributed by atoms with Gasteiger partial charge < -0.3 is 35.4 Å². The molecule has 1 aromatic heterocycles. The summed E-state index contributed by atoms with van der Waals surface area (Å²) >= 11 is 0. The van der Waals surface area contributed by atoms with Gasteiger partial charge in [0, 0.05) is 148 Å². The van der Waals surface area contributed by atoms with Crippen LogP contribution in [0, 0.1) is 11.7 Å². The minimum atomic E-state index is -0.520. The highest BCUT2D eigenvalue weighted by Gasteiger charge is 2.44. The zero-order valence-corrected chi connectivity index (χ0v) is 40.7. The minimum absolute atomic E-state index is 0.00995. The van der Waals surface area contributed by atoms with E-state index in [-0.39, 0.29) is 59.1 Å².